The van der Waals surface area contributed by atoms with E-state index in [-0.39, 0.29) is 25.2 Å². The quantitative estimate of drug-likeness (QED) is 0.0978. The molecule has 8 N–H and O–H groups in total. The van der Waals surface area contributed by atoms with E-state index in [1.165, 1.54) is 0 Å². The second-order valence-corrected chi connectivity index (χ2v) is 10.7. The summed E-state index contributed by atoms with van der Waals surface area (Å²) in [5, 5.41) is 46.1. The Kier molecular flexibility index (Phi) is 12.7. The van der Waals surface area contributed by atoms with Crippen molar-refractivity contribution >= 4 is 47.5 Å². The zero-order chi connectivity index (χ0) is 31.4. The second-order valence-electron chi connectivity index (χ2n) is 10.7. The van der Waals surface area contributed by atoms with Gasteiger partial charge in [0.1, 0.15) is 23.7 Å². The normalized spacial score (nSPS) is 17.9. The van der Waals surface area contributed by atoms with E-state index in [0.717, 1.165) is 19.3 Å². The van der Waals surface area contributed by atoms with E-state index in [1.807, 2.05) is 0 Å². The molecule has 2 fully saturated rings. The van der Waals surface area contributed by atoms with Crippen LogP contribution in [0, 0.1) is 5.92 Å². The van der Waals surface area contributed by atoms with Gasteiger partial charge in [-0.3, -0.25) is 33.6 Å². The van der Waals surface area contributed by atoms with Crippen LogP contribution in [0.2, 0.25) is 0 Å². The van der Waals surface area contributed by atoms with Crippen LogP contribution in [0.4, 0.5) is 0 Å². The van der Waals surface area contributed by atoms with E-state index >= 15 is 0 Å². The number of carboxylic acids is 4. The van der Waals surface area contributed by atoms with Crippen molar-refractivity contribution < 1.29 is 58.8 Å². The molecule has 0 aromatic heterocycles. The molecule has 0 spiro atoms. The van der Waals surface area contributed by atoms with Crippen molar-refractivity contribution in [1.82, 2.24) is 21.3 Å². The van der Waals surface area contributed by atoms with Crippen molar-refractivity contribution in [3.8, 4) is 0 Å². The fourth-order valence-electron chi connectivity index (χ4n) is 4.78. The zero-order valence-electron chi connectivity index (χ0n) is 23.1. The summed E-state index contributed by atoms with van der Waals surface area (Å²) in [6.07, 6.45) is 1.13. The SMILES string of the molecule is O=C(O)CCC(=O)N[C@H](C(=O)N[C@@H](CCC(=O)O)C(=O)N[C@@H](CCC(=O)O)C(=O)NC1(C(=O)O)CC1)C1CCCCC1. The van der Waals surface area contributed by atoms with Gasteiger partial charge in [0.15, 0.2) is 0 Å². The number of nitrogens with one attached hydrogen (secondary N) is 4. The molecule has 0 saturated heterocycles. The molecule has 0 aromatic carbocycles. The zero-order valence-corrected chi connectivity index (χ0v) is 23.1. The van der Waals surface area contributed by atoms with Crippen LogP contribution in [-0.2, 0) is 38.4 Å². The van der Waals surface area contributed by atoms with Crippen LogP contribution >= 0.6 is 0 Å². The van der Waals surface area contributed by atoms with Gasteiger partial charge in [0, 0.05) is 19.3 Å². The Labute approximate surface area is 241 Å². The number of carbonyl (C=O) groups excluding carboxylic acids is 4. The first-order valence-corrected chi connectivity index (χ1v) is 13.8. The predicted molar refractivity (Wildman–Crippen MR) is 141 cm³/mol. The minimum absolute atomic E-state index is 0.145. The Morgan fingerprint density at radius 3 is 1.60 bits per heavy atom. The number of carbonyl (C=O) groups is 8. The van der Waals surface area contributed by atoms with Gasteiger partial charge in [0.25, 0.3) is 0 Å². The Balaban J connectivity index is 2.22. The molecule has 2 saturated carbocycles. The predicted octanol–water partition coefficient (Wildman–Crippen LogP) is -0.651. The van der Waals surface area contributed by atoms with Crippen molar-refractivity contribution in [3.63, 3.8) is 0 Å². The summed E-state index contributed by atoms with van der Waals surface area (Å²) in [6.45, 7) is 0. The molecule has 0 heterocycles. The van der Waals surface area contributed by atoms with Crippen LogP contribution in [-0.4, -0.2) is 91.6 Å². The lowest BCUT2D eigenvalue weighted by Crippen LogP contribution is -2.59. The van der Waals surface area contributed by atoms with E-state index in [4.69, 9.17) is 10.2 Å². The molecule has 42 heavy (non-hydrogen) atoms. The minimum atomic E-state index is -1.52. The number of aliphatic carboxylic acids is 4. The van der Waals surface area contributed by atoms with Gasteiger partial charge in [-0.2, -0.15) is 0 Å². The molecule has 16 heteroatoms. The summed E-state index contributed by atoms with van der Waals surface area (Å²) in [5.41, 5.74) is -1.52. The van der Waals surface area contributed by atoms with E-state index in [0.29, 0.717) is 12.8 Å². The maximum Gasteiger partial charge on any atom is 0.329 e. The van der Waals surface area contributed by atoms with Gasteiger partial charge in [0.05, 0.1) is 6.42 Å². The molecule has 2 aliphatic carbocycles. The van der Waals surface area contributed by atoms with E-state index in [9.17, 15) is 48.6 Å². The average Bonchev–Trinajstić information content (AvgIpc) is 3.71. The molecule has 0 aromatic rings. The molecule has 234 valence electrons. The number of amides is 4. The molecule has 2 aliphatic rings. The molecular weight excluding hydrogens is 560 g/mol. The highest BCUT2D eigenvalue weighted by Gasteiger charge is 2.52. The topological polar surface area (TPSA) is 266 Å². The fourth-order valence-corrected chi connectivity index (χ4v) is 4.78. The van der Waals surface area contributed by atoms with Gasteiger partial charge in [-0.25, -0.2) is 4.79 Å². The Morgan fingerprint density at radius 2 is 1.12 bits per heavy atom. The Morgan fingerprint density at radius 1 is 0.619 bits per heavy atom. The Hall–Kier alpha value is -4.24. The molecule has 3 atom stereocenters. The minimum Gasteiger partial charge on any atom is -0.481 e. The molecule has 0 bridgehead atoms. The Bertz CT molecular complexity index is 1070. The highest BCUT2D eigenvalue weighted by Crippen LogP contribution is 2.35. The summed E-state index contributed by atoms with van der Waals surface area (Å²) < 4.78 is 0. The first-order chi connectivity index (χ1) is 19.7. The molecule has 0 radical (unpaired) electrons. The molecule has 2 rings (SSSR count). The number of hydrogen-bond donors (Lipinski definition) is 8. The van der Waals surface area contributed by atoms with E-state index in [1.54, 1.807) is 0 Å². The van der Waals surface area contributed by atoms with Gasteiger partial charge < -0.3 is 41.7 Å². The second kappa shape index (κ2) is 15.7. The van der Waals surface area contributed by atoms with Crippen LogP contribution in [0.15, 0.2) is 0 Å². The fraction of sp³-hybridized carbons (Fsp3) is 0.692. The molecule has 16 nitrogen and oxygen atoms in total. The first-order valence-electron chi connectivity index (χ1n) is 13.8. The maximum atomic E-state index is 13.4. The van der Waals surface area contributed by atoms with Crippen molar-refractivity contribution in [2.45, 2.75) is 107 Å². The van der Waals surface area contributed by atoms with Gasteiger partial charge in [-0.15, -0.1) is 0 Å². The van der Waals surface area contributed by atoms with Gasteiger partial charge >= 0.3 is 23.9 Å². The molecule has 4 amide bonds. The summed E-state index contributed by atoms with van der Waals surface area (Å²) >= 11 is 0. The summed E-state index contributed by atoms with van der Waals surface area (Å²) in [4.78, 5) is 96.7. The monoisotopic (exact) mass is 598 g/mol. The largest absolute Gasteiger partial charge is 0.481 e. The van der Waals surface area contributed by atoms with Gasteiger partial charge in [-0.05, 0) is 44.4 Å². The van der Waals surface area contributed by atoms with Crippen LogP contribution in [0.1, 0.15) is 83.5 Å². The lowest BCUT2D eigenvalue weighted by atomic mass is 9.83. The number of rotatable bonds is 18. The lowest BCUT2D eigenvalue weighted by Gasteiger charge is -2.31. The third kappa shape index (κ3) is 11.0. The van der Waals surface area contributed by atoms with Crippen LogP contribution in [0.25, 0.3) is 0 Å². The summed E-state index contributed by atoms with van der Waals surface area (Å²) in [6, 6.07) is -4.15. The number of carboxylic acid groups (broad SMARTS) is 4. The van der Waals surface area contributed by atoms with Crippen molar-refractivity contribution in [3.05, 3.63) is 0 Å². The average molecular weight is 599 g/mol. The van der Waals surface area contributed by atoms with Crippen LogP contribution in [0.3, 0.4) is 0 Å². The van der Waals surface area contributed by atoms with E-state index in [2.05, 4.69) is 21.3 Å². The first kappa shape index (κ1) is 34.0. The smallest absolute Gasteiger partial charge is 0.329 e. The van der Waals surface area contributed by atoms with Crippen molar-refractivity contribution in [2.75, 3.05) is 0 Å². The highest BCUT2D eigenvalue weighted by molar-refractivity contribution is 5.96. The third-order valence-corrected chi connectivity index (χ3v) is 7.37. The number of hydrogen-bond acceptors (Lipinski definition) is 8. The third-order valence-electron chi connectivity index (χ3n) is 7.37. The van der Waals surface area contributed by atoms with Crippen molar-refractivity contribution in [1.29, 1.82) is 0 Å². The van der Waals surface area contributed by atoms with E-state index < -0.39 is 103 Å². The maximum absolute atomic E-state index is 13.4. The van der Waals surface area contributed by atoms with Crippen LogP contribution < -0.4 is 21.3 Å². The molecular formula is C26H38N4O12. The van der Waals surface area contributed by atoms with Crippen molar-refractivity contribution in [2.24, 2.45) is 5.92 Å². The van der Waals surface area contributed by atoms with Crippen LogP contribution in [0.5, 0.6) is 0 Å². The molecule has 0 unspecified atom stereocenters. The summed E-state index contributed by atoms with van der Waals surface area (Å²) in [5.74, 6) is -8.82. The van der Waals surface area contributed by atoms with Gasteiger partial charge in [-0.1, -0.05) is 19.3 Å². The standard InChI is InChI=1S/C26H38N4O12/c31-17(8-11-20(36)37)29-21(14-4-2-1-3-5-14)24(40)28-15(6-9-18(32)33)22(38)27-16(7-10-19(34)35)23(39)30-26(12-13-26)25(41)42/h14-16,21H,1-13H2,(H,27,38)(H,28,40)(H,29,31)(H,30,39)(H,32,33)(H,34,35)(H,36,37)(H,41,42)/t15-,16-,21-/m0/s1. The molecule has 0 aliphatic heterocycles. The highest BCUT2D eigenvalue weighted by atomic mass is 16.4. The lowest BCUT2D eigenvalue weighted by molar-refractivity contribution is -0.144. The summed E-state index contributed by atoms with van der Waals surface area (Å²) in [7, 11) is 0. The van der Waals surface area contributed by atoms with Gasteiger partial charge in [0.2, 0.25) is 23.6 Å².